The summed E-state index contributed by atoms with van der Waals surface area (Å²) in [6, 6.07) is 6.20. The van der Waals surface area contributed by atoms with Gasteiger partial charge in [-0.05, 0) is 51.0 Å². The summed E-state index contributed by atoms with van der Waals surface area (Å²) < 4.78 is 31.4. The van der Waals surface area contributed by atoms with Crippen LogP contribution in [0.25, 0.3) is 0 Å². The molecule has 1 aliphatic rings. The molecule has 26 heavy (non-hydrogen) atoms. The molecule has 0 saturated heterocycles. The quantitative estimate of drug-likeness (QED) is 0.727. The fraction of sp³-hybridized carbons (Fsp3) is 0.632. The van der Waals surface area contributed by atoms with Crippen molar-refractivity contribution >= 4 is 21.6 Å². The van der Waals surface area contributed by atoms with E-state index in [1.54, 1.807) is 43.1 Å². The molecule has 1 atom stereocenters. The van der Waals surface area contributed by atoms with Crippen molar-refractivity contribution < 1.29 is 17.9 Å². The van der Waals surface area contributed by atoms with Crippen LogP contribution in [0.2, 0.25) is 0 Å². The Morgan fingerprint density at radius 1 is 1.19 bits per heavy atom. The first kappa shape index (κ1) is 20.6. The third-order valence-corrected chi connectivity index (χ3v) is 6.18. The van der Waals surface area contributed by atoms with Crippen LogP contribution in [0.5, 0.6) is 5.75 Å². The highest BCUT2D eigenvalue weighted by atomic mass is 32.2. The van der Waals surface area contributed by atoms with Gasteiger partial charge in [0.1, 0.15) is 11.8 Å². The lowest BCUT2D eigenvalue weighted by molar-refractivity contribution is -0.133. The summed E-state index contributed by atoms with van der Waals surface area (Å²) in [5.41, 5.74) is 0.467. The van der Waals surface area contributed by atoms with Crippen LogP contribution in [-0.4, -0.2) is 51.2 Å². The number of carbonyl (C=O) groups is 1. The van der Waals surface area contributed by atoms with E-state index in [1.165, 1.54) is 10.7 Å². The summed E-state index contributed by atoms with van der Waals surface area (Å²) in [4.78, 5) is 14.7. The zero-order valence-electron chi connectivity index (χ0n) is 16.1. The van der Waals surface area contributed by atoms with Crippen molar-refractivity contribution in [1.82, 2.24) is 4.90 Å². The molecular formula is C19H30N2O4S. The van der Waals surface area contributed by atoms with Crippen LogP contribution >= 0.6 is 0 Å². The van der Waals surface area contributed by atoms with Gasteiger partial charge in [0.2, 0.25) is 15.9 Å². The molecular weight excluding hydrogens is 352 g/mol. The van der Waals surface area contributed by atoms with E-state index in [9.17, 15) is 13.2 Å². The van der Waals surface area contributed by atoms with Crippen LogP contribution in [0.1, 0.15) is 46.0 Å². The fourth-order valence-electron chi connectivity index (χ4n) is 3.60. The highest BCUT2D eigenvalue weighted by molar-refractivity contribution is 7.92. The van der Waals surface area contributed by atoms with Crippen LogP contribution in [0.15, 0.2) is 24.3 Å². The number of amides is 1. The number of rotatable bonds is 7. The number of nitrogens with zero attached hydrogens (tertiary/aromatic N) is 2. The molecule has 0 radical (unpaired) electrons. The van der Waals surface area contributed by atoms with Crippen LogP contribution in [0.4, 0.5) is 5.69 Å². The van der Waals surface area contributed by atoms with Crippen LogP contribution in [0, 0.1) is 0 Å². The minimum atomic E-state index is -3.61. The van der Waals surface area contributed by atoms with Gasteiger partial charge in [0.05, 0.1) is 18.6 Å². The molecule has 1 aliphatic carbocycles. The zero-order chi connectivity index (χ0) is 19.3. The lowest BCUT2D eigenvalue weighted by Crippen LogP contribution is -2.51. The van der Waals surface area contributed by atoms with Crippen LogP contribution in [0.3, 0.4) is 0 Å². The Kier molecular flexibility index (Phi) is 6.92. The fourth-order valence-corrected chi connectivity index (χ4v) is 4.77. The second-order valence-corrected chi connectivity index (χ2v) is 8.76. The molecule has 0 bridgehead atoms. The highest BCUT2D eigenvalue weighted by Crippen LogP contribution is 2.27. The molecule has 0 aromatic heterocycles. The van der Waals surface area contributed by atoms with Crippen molar-refractivity contribution in [3.05, 3.63) is 24.3 Å². The lowest BCUT2D eigenvalue weighted by Gasteiger charge is -2.36. The standard InChI is InChI=1S/C19H30N2O4S/c1-5-25-18-13-11-17(12-14-18)21(26(4,23)24)15(2)19(22)20(3)16-9-7-6-8-10-16/h11-16H,5-10H2,1-4H3. The average molecular weight is 383 g/mol. The summed E-state index contributed by atoms with van der Waals surface area (Å²) in [6.07, 6.45) is 6.54. The molecule has 1 fully saturated rings. The first-order chi connectivity index (χ1) is 12.3. The van der Waals surface area contributed by atoms with Gasteiger partial charge >= 0.3 is 0 Å². The van der Waals surface area contributed by atoms with Crippen molar-refractivity contribution in [2.45, 2.75) is 58.0 Å². The molecule has 1 saturated carbocycles. The molecule has 1 aromatic rings. The minimum absolute atomic E-state index is 0.170. The largest absolute Gasteiger partial charge is 0.494 e. The molecule has 146 valence electrons. The normalized spacial score (nSPS) is 16.8. The van der Waals surface area contributed by atoms with Crippen molar-refractivity contribution in [1.29, 1.82) is 0 Å². The zero-order valence-corrected chi connectivity index (χ0v) is 17.0. The van der Waals surface area contributed by atoms with E-state index in [0.717, 1.165) is 31.9 Å². The number of benzene rings is 1. The van der Waals surface area contributed by atoms with Crippen molar-refractivity contribution in [2.75, 3.05) is 24.2 Å². The van der Waals surface area contributed by atoms with Gasteiger partial charge in [0.25, 0.3) is 0 Å². The van der Waals surface area contributed by atoms with E-state index in [1.807, 2.05) is 6.92 Å². The SMILES string of the molecule is CCOc1ccc(N(C(C)C(=O)N(C)C2CCCCC2)S(C)(=O)=O)cc1. The van der Waals surface area contributed by atoms with E-state index in [0.29, 0.717) is 18.0 Å². The monoisotopic (exact) mass is 382 g/mol. The van der Waals surface area contributed by atoms with E-state index in [4.69, 9.17) is 4.74 Å². The molecule has 0 heterocycles. The highest BCUT2D eigenvalue weighted by Gasteiger charge is 2.33. The summed E-state index contributed by atoms with van der Waals surface area (Å²) in [7, 11) is -1.82. The van der Waals surface area contributed by atoms with E-state index >= 15 is 0 Å². The van der Waals surface area contributed by atoms with Crippen molar-refractivity contribution in [3.8, 4) is 5.75 Å². The number of sulfonamides is 1. The van der Waals surface area contributed by atoms with Crippen molar-refractivity contribution in [3.63, 3.8) is 0 Å². The molecule has 1 aromatic carbocycles. The predicted octanol–water partition coefficient (Wildman–Crippen LogP) is 3.03. The Hall–Kier alpha value is -1.76. The molecule has 7 heteroatoms. The van der Waals surface area contributed by atoms with Gasteiger partial charge in [0, 0.05) is 13.1 Å². The van der Waals surface area contributed by atoms with Gasteiger partial charge in [-0.15, -0.1) is 0 Å². The van der Waals surface area contributed by atoms with Gasteiger partial charge in [-0.3, -0.25) is 9.10 Å². The first-order valence-corrected chi connectivity index (χ1v) is 11.1. The van der Waals surface area contributed by atoms with Gasteiger partial charge in [-0.25, -0.2) is 8.42 Å². The van der Waals surface area contributed by atoms with Gasteiger partial charge < -0.3 is 9.64 Å². The van der Waals surface area contributed by atoms with Crippen LogP contribution in [-0.2, 0) is 14.8 Å². The maximum absolute atomic E-state index is 13.0. The van der Waals surface area contributed by atoms with E-state index < -0.39 is 16.1 Å². The first-order valence-electron chi connectivity index (χ1n) is 9.24. The third kappa shape index (κ3) is 4.90. The van der Waals surface area contributed by atoms with Gasteiger partial charge in [0.15, 0.2) is 0 Å². The Morgan fingerprint density at radius 2 is 1.77 bits per heavy atom. The third-order valence-electron chi connectivity index (χ3n) is 4.94. The Bertz CT molecular complexity index is 697. The Morgan fingerprint density at radius 3 is 2.27 bits per heavy atom. The van der Waals surface area contributed by atoms with Gasteiger partial charge in [-0.2, -0.15) is 0 Å². The lowest BCUT2D eigenvalue weighted by atomic mass is 9.94. The number of ether oxygens (including phenoxy) is 1. The molecule has 1 amide bonds. The number of hydrogen-bond donors (Lipinski definition) is 0. The smallest absolute Gasteiger partial charge is 0.246 e. The predicted molar refractivity (Wildman–Crippen MR) is 104 cm³/mol. The summed E-state index contributed by atoms with van der Waals surface area (Å²) in [6.45, 7) is 4.08. The number of hydrogen-bond acceptors (Lipinski definition) is 4. The number of anilines is 1. The maximum Gasteiger partial charge on any atom is 0.246 e. The Balaban J connectivity index is 2.23. The van der Waals surface area contributed by atoms with Gasteiger partial charge in [-0.1, -0.05) is 19.3 Å². The summed E-state index contributed by atoms with van der Waals surface area (Å²) >= 11 is 0. The molecule has 0 N–H and O–H groups in total. The topological polar surface area (TPSA) is 66.9 Å². The minimum Gasteiger partial charge on any atom is -0.494 e. The average Bonchev–Trinajstić information content (AvgIpc) is 2.62. The second kappa shape index (κ2) is 8.75. The van der Waals surface area contributed by atoms with Crippen LogP contribution < -0.4 is 9.04 Å². The van der Waals surface area contributed by atoms with E-state index in [-0.39, 0.29) is 11.9 Å². The summed E-state index contributed by atoms with van der Waals surface area (Å²) in [5.74, 6) is 0.499. The van der Waals surface area contributed by atoms with Crippen molar-refractivity contribution in [2.24, 2.45) is 0 Å². The van der Waals surface area contributed by atoms with E-state index in [2.05, 4.69) is 0 Å². The molecule has 1 unspecified atom stereocenters. The molecule has 0 spiro atoms. The molecule has 0 aliphatic heterocycles. The second-order valence-electron chi connectivity index (χ2n) is 6.90. The number of carbonyl (C=O) groups excluding carboxylic acids is 1. The summed E-state index contributed by atoms with van der Waals surface area (Å²) in [5, 5.41) is 0. The molecule has 2 rings (SSSR count). The maximum atomic E-state index is 13.0. The number of likely N-dealkylation sites (N-methyl/N-ethyl adjacent to an activating group) is 1. The Labute approximate surface area is 157 Å². The molecule has 6 nitrogen and oxygen atoms in total.